The molecule has 0 radical (unpaired) electrons. The molecule has 1 heterocycles. The van der Waals surface area contributed by atoms with E-state index in [0.717, 1.165) is 25.7 Å². The van der Waals surface area contributed by atoms with E-state index in [4.69, 9.17) is 4.74 Å². The molecule has 1 N–H and O–H groups in total. The summed E-state index contributed by atoms with van der Waals surface area (Å²) in [6, 6.07) is 14.9. The van der Waals surface area contributed by atoms with Gasteiger partial charge in [0.05, 0.1) is 0 Å². The Kier molecular flexibility index (Phi) is 5.79. The third kappa shape index (κ3) is 4.96. The number of rotatable bonds is 5. The lowest BCUT2D eigenvalue weighted by Gasteiger charge is -2.22. The number of benzene rings is 2. The van der Waals surface area contributed by atoms with Crippen molar-refractivity contribution in [3.05, 3.63) is 72.2 Å². The zero-order valence-corrected chi connectivity index (χ0v) is 16.0. The molecule has 3 aromatic rings. The lowest BCUT2D eigenvalue weighted by Crippen LogP contribution is -2.36. The van der Waals surface area contributed by atoms with Crippen LogP contribution in [0, 0.1) is 5.82 Å². The number of hydrogen-bond donors (Lipinski definition) is 1. The molecule has 148 valence electrons. The minimum Gasteiger partial charge on any atom is -0.439 e. The summed E-state index contributed by atoms with van der Waals surface area (Å²) in [5.74, 6) is 0.907. The fraction of sp³-hybridized carbons (Fsp3) is 0.261. The largest absolute Gasteiger partial charge is 0.439 e. The van der Waals surface area contributed by atoms with Gasteiger partial charge < -0.3 is 10.1 Å². The van der Waals surface area contributed by atoms with E-state index in [1.165, 1.54) is 18.6 Å². The van der Waals surface area contributed by atoms with Crippen molar-refractivity contribution in [3.8, 4) is 23.0 Å². The molecule has 0 unspecified atom stereocenters. The van der Waals surface area contributed by atoms with E-state index in [1.54, 1.807) is 48.7 Å². The smallest absolute Gasteiger partial charge is 0.251 e. The second-order valence-corrected chi connectivity index (χ2v) is 7.16. The fourth-order valence-electron chi connectivity index (χ4n) is 3.47. The first-order valence-corrected chi connectivity index (χ1v) is 9.85. The Bertz CT molecular complexity index is 985. The summed E-state index contributed by atoms with van der Waals surface area (Å²) in [5.41, 5.74) is 1.25. The van der Waals surface area contributed by atoms with Gasteiger partial charge in [-0.05, 0) is 55.3 Å². The third-order valence-electron chi connectivity index (χ3n) is 4.99. The molecule has 1 amide bonds. The second-order valence-electron chi connectivity index (χ2n) is 7.16. The summed E-state index contributed by atoms with van der Waals surface area (Å²) >= 11 is 0. The number of carbonyl (C=O) groups excluding carboxylic acids is 1. The van der Waals surface area contributed by atoms with Crippen LogP contribution in [-0.2, 0) is 0 Å². The van der Waals surface area contributed by atoms with Gasteiger partial charge in [-0.2, -0.15) is 4.98 Å². The average molecular weight is 391 g/mol. The van der Waals surface area contributed by atoms with E-state index in [2.05, 4.69) is 15.3 Å². The van der Waals surface area contributed by atoms with Gasteiger partial charge in [0, 0.05) is 29.4 Å². The molecule has 0 saturated heterocycles. The molecular weight excluding hydrogens is 369 g/mol. The van der Waals surface area contributed by atoms with Crippen molar-refractivity contribution in [3.63, 3.8) is 0 Å². The zero-order valence-electron chi connectivity index (χ0n) is 16.0. The van der Waals surface area contributed by atoms with Crippen LogP contribution in [0.3, 0.4) is 0 Å². The molecule has 6 heteroatoms. The Morgan fingerprint density at radius 3 is 2.62 bits per heavy atom. The highest BCUT2D eigenvalue weighted by Gasteiger charge is 2.17. The topological polar surface area (TPSA) is 64.1 Å². The van der Waals surface area contributed by atoms with Crippen LogP contribution in [0.15, 0.2) is 60.8 Å². The maximum absolute atomic E-state index is 13.1. The zero-order chi connectivity index (χ0) is 20.1. The van der Waals surface area contributed by atoms with Gasteiger partial charge in [0.25, 0.3) is 5.91 Å². The Morgan fingerprint density at radius 1 is 1.03 bits per heavy atom. The molecule has 1 saturated carbocycles. The van der Waals surface area contributed by atoms with E-state index in [0.29, 0.717) is 28.6 Å². The quantitative estimate of drug-likeness (QED) is 0.654. The summed E-state index contributed by atoms with van der Waals surface area (Å²) in [7, 11) is 0. The monoisotopic (exact) mass is 391 g/mol. The van der Waals surface area contributed by atoms with E-state index in [9.17, 15) is 9.18 Å². The molecular formula is C23H22FN3O2. The molecule has 0 spiro atoms. The minimum absolute atomic E-state index is 0.0861. The molecule has 4 rings (SSSR count). The number of aromatic nitrogens is 2. The van der Waals surface area contributed by atoms with Crippen LogP contribution in [0.25, 0.3) is 11.4 Å². The number of amides is 1. The van der Waals surface area contributed by atoms with Crippen LogP contribution in [0.1, 0.15) is 42.5 Å². The maximum atomic E-state index is 13.1. The SMILES string of the molecule is O=C(NC1CCCCC1)c1cccc(Oc2ccnc(-c3ccc(F)cc3)n2)c1. The lowest BCUT2D eigenvalue weighted by atomic mass is 9.95. The van der Waals surface area contributed by atoms with Gasteiger partial charge in [0.1, 0.15) is 11.6 Å². The van der Waals surface area contributed by atoms with E-state index in [-0.39, 0.29) is 17.8 Å². The van der Waals surface area contributed by atoms with Crippen LogP contribution < -0.4 is 10.1 Å². The van der Waals surface area contributed by atoms with Crippen molar-refractivity contribution in [1.82, 2.24) is 15.3 Å². The van der Waals surface area contributed by atoms with Crippen LogP contribution in [0.2, 0.25) is 0 Å². The van der Waals surface area contributed by atoms with Crippen LogP contribution >= 0.6 is 0 Å². The molecule has 0 atom stereocenters. The first-order valence-electron chi connectivity index (χ1n) is 9.85. The highest BCUT2D eigenvalue weighted by Crippen LogP contribution is 2.24. The van der Waals surface area contributed by atoms with Crippen LogP contribution in [0.4, 0.5) is 4.39 Å². The Balaban J connectivity index is 1.47. The number of nitrogens with zero attached hydrogens (tertiary/aromatic N) is 2. The standard InChI is InChI=1S/C23H22FN3O2/c24-18-11-9-16(10-12-18)22-25-14-13-21(27-22)29-20-8-4-5-17(15-20)23(28)26-19-6-2-1-3-7-19/h4-5,8-15,19H,1-3,6-7H2,(H,26,28). The van der Waals surface area contributed by atoms with E-state index in [1.807, 2.05) is 0 Å². The summed E-state index contributed by atoms with van der Waals surface area (Å²) in [4.78, 5) is 21.2. The lowest BCUT2D eigenvalue weighted by molar-refractivity contribution is 0.0927. The Morgan fingerprint density at radius 2 is 1.83 bits per heavy atom. The highest BCUT2D eigenvalue weighted by atomic mass is 19.1. The Labute approximate surface area is 169 Å². The maximum Gasteiger partial charge on any atom is 0.251 e. The van der Waals surface area contributed by atoms with Gasteiger partial charge in [-0.1, -0.05) is 25.3 Å². The van der Waals surface area contributed by atoms with Gasteiger partial charge in [-0.25, -0.2) is 9.37 Å². The van der Waals surface area contributed by atoms with Crippen molar-refractivity contribution in [2.24, 2.45) is 0 Å². The summed E-state index contributed by atoms with van der Waals surface area (Å²) in [6.07, 6.45) is 7.23. The van der Waals surface area contributed by atoms with Crippen molar-refractivity contribution in [1.29, 1.82) is 0 Å². The molecule has 1 aliphatic carbocycles. The highest BCUT2D eigenvalue weighted by molar-refractivity contribution is 5.94. The first kappa shape index (κ1) is 19.1. The Hall–Kier alpha value is -3.28. The molecule has 5 nitrogen and oxygen atoms in total. The van der Waals surface area contributed by atoms with Gasteiger partial charge in [-0.3, -0.25) is 4.79 Å². The van der Waals surface area contributed by atoms with Gasteiger partial charge in [0.15, 0.2) is 5.82 Å². The van der Waals surface area contributed by atoms with Crippen molar-refractivity contribution < 1.29 is 13.9 Å². The van der Waals surface area contributed by atoms with Crippen LogP contribution in [-0.4, -0.2) is 21.9 Å². The predicted octanol–water partition coefficient (Wildman–Crippen LogP) is 5.14. The number of carbonyl (C=O) groups is 1. The van der Waals surface area contributed by atoms with Crippen molar-refractivity contribution in [2.75, 3.05) is 0 Å². The number of nitrogens with one attached hydrogen (secondary N) is 1. The molecule has 0 aliphatic heterocycles. The molecule has 1 fully saturated rings. The van der Waals surface area contributed by atoms with Gasteiger partial charge >= 0.3 is 0 Å². The fourth-order valence-corrected chi connectivity index (χ4v) is 3.47. The van der Waals surface area contributed by atoms with Gasteiger partial charge in [-0.15, -0.1) is 0 Å². The molecule has 0 bridgehead atoms. The molecule has 29 heavy (non-hydrogen) atoms. The third-order valence-corrected chi connectivity index (χ3v) is 4.99. The number of hydrogen-bond acceptors (Lipinski definition) is 4. The van der Waals surface area contributed by atoms with E-state index < -0.39 is 0 Å². The van der Waals surface area contributed by atoms with Crippen molar-refractivity contribution >= 4 is 5.91 Å². The first-order chi connectivity index (χ1) is 14.2. The molecule has 2 aromatic carbocycles. The predicted molar refractivity (Wildman–Crippen MR) is 108 cm³/mol. The minimum atomic E-state index is -0.315. The van der Waals surface area contributed by atoms with Crippen LogP contribution in [0.5, 0.6) is 11.6 Å². The number of ether oxygens (including phenoxy) is 1. The summed E-state index contributed by atoms with van der Waals surface area (Å²) in [5, 5.41) is 3.11. The average Bonchev–Trinajstić information content (AvgIpc) is 2.75. The number of halogens is 1. The summed E-state index contributed by atoms with van der Waals surface area (Å²) < 4.78 is 19.0. The van der Waals surface area contributed by atoms with Crippen molar-refractivity contribution in [2.45, 2.75) is 38.1 Å². The molecule has 1 aliphatic rings. The van der Waals surface area contributed by atoms with E-state index >= 15 is 0 Å². The normalized spacial score (nSPS) is 14.4. The summed E-state index contributed by atoms with van der Waals surface area (Å²) in [6.45, 7) is 0. The molecule has 1 aromatic heterocycles. The second kappa shape index (κ2) is 8.82. The van der Waals surface area contributed by atoms with Gasteiger partial charge in [0.2, 0.25) is 5.88 Å².